The van der Waals surface area contributed by atoms with Crippen LogP contribution in [0.4, 0.5) is 17.1 Å². The molecule has 26 heavy (non-hydrogen) atoms. The molecule has 7 nitrogen and oxygen atoms in total. The summed E-state index contributed by atoms with van der Waals surface area (Å²) in [5.74, 6) is -0.658. The van der Waals surface area contributed by atoms with Crippen LogP contribution in [0.2, 0.25) is 0 Å². The fraction of sp³-hybridized carbons (Fsp3) is 0.222. The zero-order valence-corrected chi connectivity index (χ0v) is 15.6. The summed E-state index contributed by atoms with van der Waals surface area (Å²) in [4.78, 5) is 23.3. The van der Waals surface area contributed by atoms with E-state index >= 15 is 0 Å². The number of amides is 2. The normalized spacial score (nSPS) is 10.9. The molecule has 8 heteroatoms. The van der Waals surface area contributed by atoms with E-state index in [0.717, 1.165) is 16.1 Å². The van der Waals surface area contributed by atoms with Gasteiger partial charge in [-0.1, -0.05) is 18.2 Å². The monoisotopic (exact) mass is 375 g/mol. The van der Waals surface area contributed by atoms with Crippen LogP contribution in [0.5, 0.6) is 0 Å². The highest BCUT2D eigenvalue weighted by molar-refractivity contribution is 7.92. The smallest absolute Gasteiger partial charge is 0.245 e. The van der Waals surface area contributed by atoms with Gasteiger partial charge < -0.3 is 10.6 Å². The number of carbonyl (C=O) groups is 2. The largest absolute Gasteiger partial charge is 0.326 e. The van der Waals surface area contributed by atoms with Crippen molar-refractivity contribution in [3.05, 3.63) is 54.1 Å². The van der Waals surface area contributed by atoms with Crippen LogP contribution < -0.4 is 14.9 Å². The number of para-hydroxylation sites is 1. The fourth-order valence-corrected chi connectivity index (χ4v) is 3.31. The molecule has 0 aliphatic carbocycles. The Hall–Kier alpha value is -2.87. The number of nitrogens with zero attached hydrogens (tertiary/aromatic N) is 1. The molecule has 0 aliphatic heterocycles. The van der Waals surface area contributed by atoms with Gasteiger partial charge in [0.05, 0.1) is 11.9 Å². The van der Waals surface area contributed by atoms with Crippen LogP contribution in [0.15, 0.2) is 48.5 Å². The molecule has 0 radical (unpaired) electrons. The Balaban J connectivity index is 2.13. The van der Waals surface area contributed by atoms with E-state index < -0.39 is 15.9 Å². The SMILES string of the molecule is CC(=O)Nc1ccc(NC(=O)CN(c2ccccc2C)S(C)(=O)=O)cc1. The van der Waals surface area contributed by atoms with E-state index in [1.807, 2.05) is 0 Å². The molecule has 2 N–H and O–H groups in total. The van der Waals surface area contributed by atoms with Crippen molar-refractivity contribution in [2.75, 3.05) is 27.7 Å². The molecule has 0 aromatic heterocycles. The average molecular weight is 375 g/mol. The number of hydrogen-bond donors (Lipinski definition) is 2. The van der Waals surface area contributed by atoms with Gasteiger partial charge in [0, 0.05) is 18.3 Å². The van der Waals surface area contributed by atoms with Crippen molar-refractivity contribution >= 4 is 38.9 Å². The molecule has 0 fully saturated rings. The Kier molecular flexibility index (Phi) is 5.99. The molecule has 2 aromatic rings. The number of aryl methyl sites for hydroxylation is 1. The second-order valence-electron chi connectivity index (χ2n) is 5.86. The predicted molar refractivity (Wildman–Crippen MR) is 103 cm³/mol. The molecule has 0 unspecified atom stereocenters. The molecule has 2 rings (SSSR count). The minimum absolute atomic E-state index is 0.191. The number of nitrogens with one attached hydrogen (secondary N) is 2. The van der Waals surface area contributed by atoms with Crippen LogP contribution in [0.1, 0.15) is 12.5 Å². The third kappa shape index (κ3) is 5.32. The maximum Gasteiger partial charge on any atom is 0.245 e. The van der Waals surface area contributed by atoms with Crippen molar-refractivity contribution in [1.82, 2.24) is 0 Å². The van der Waals surface area contributed by atoms with Crippen LogP contribution in [0.3, 0.4) is 0 Å². The number of hydrogen-bond acceptors (Lipinski definition) is 4. The van der Waals surface area contributed by atoms with Crippen molar-refractivity contribution < 1.29 is 18.0 Å². The Morgan fingerprint density at radius 3 is 2.00 bits per heavy atom. The molecule has 138 valence electrons. The van der Waals surface area contributed by atoms with Gasteiger partial charge in [0.15, 0.2) is 0 Å². The van der Waals surface area contributed by atoms with Crippen LogP contribution >= 0.6 is 0 Å². The molecule has 0 aliphatic rings. The number of anilines is 3. The number of rotatable bonds is 6. The number of benzene rings is 2. The van der Waals surface area contributed by atoms with Crippen LogP contribution in [-0.2, 0) is 19.6 Å². The molecule has 2 amide bonds. The number of carbonyl (C=O) groups excluding carboxylic acids is 2. The first-order chi connectivity index (χ1) is 12.2. The van der Waals surface area contributed by atoms with Crippen molar-refractivity contribution in [3.63, 3.8) is 0 Å². The van der Waals surface area contributed by atoms with Gasteiger partial charge in [-0.05, 0) is 42.8 Å². The summed E-state index contributed by atoms with van der Waals surface area (Å²) >= 11 is 0. The lowest BCUT2D eigenvalue weighted by atomic mass is 10.2. The zero-order valence-electron chi connectivity index (χ0n) is 14.8. The lowest BCUT2D eigenvalue weighted by Crippen LogP contribution is -2.37. The van der Waals surface area contributed by atoms with Crippen molar-refractivity contribution in [2.24, 2.45) is 0 Å². The van der Waals surface area contributed by atoms with Crippen molar-refractivity contribution in [1.29, 1.82) is 0 Å². The first kappa shape index (κ1) is 19.5. The van der Waals surface area contributed by atoms with Gasteiger partial charge >= 0.3 is 0 Å². The number of sulfonamides is 1. The molecule has 0 spiro atoms. The molecule has 0 atom stereocenters. The molecular formula is C18H21N3O4S. The molecule has 2 aromatic carbocycles. The van der Waals surface area contributed by atoms with Gasteiger partial charge in [-0.15, -0.1) is 0 Å². The van der Waals surface area contributed by atoms with Gasteiger partial charge in [0.2, 0.25) is 21.8 Å². The average Bonchev–Trinajstić information content (AvgIpc) is 2.54. The van der Waals surface area contributed by atoms with E-state index in [1.54, 1.807) is 55.5 Å². The van der Waals surface area contributed by atoms with E-state index in [4.69, 9.17) is 0 Å². The Morgan fingerprint density at radius 1 is 0.962 bits per heavy atom. The van der Waals surface area contributed by atoms with Gasteiger partial charge in [-0.2, -0.15) is 0 Å². The summed E-state index contributed by atoms with van der Waals surface area (Å²) in [6, 6.07) is 13.5. The van der Waals surface area contributed by atoms with Gasteiger partial charge in [-0.3, -0.25) is 13.9 Å². The minimum Gasteiger partial charge on any atom is -0.326 e. The summed E-state index contributed by atoms with van der Waals surface area (Å²) in [6.45, 7) is 2.85. The van der Waals surface area contributed by atoms with Gasteiger partial charge in [-0.25, -0.2) is 8.42 Å². The van der Waals surface area contributed by atoms with E-state index in [9.17, 15) is 18.0 Å². The third-order valence-corrected chi connectivity index (χ3v) is 4.69. The summed E-state index contributed by atoms with van der Waals surface area (Å²) in [6.07, 6.45) is 1.06. The minimum atomic E-state index is -3.62. The lowest BCUT2D eigenvalue weighted by molar-refractivity contribution is -0.115. The van der Waals surface area contributed by atoms with Crippen molar-refractivity contribution in [2.45, 2.75) is 13.8 Å². The zero-order chi connectivity index (χ0) is 19.3. The quantitative estimate of drug-likeness (QED) is 0.810. The third-order valence-electron chi connectivity index (χ3n) is 3.56. The maximum atomic E-state index is 12.3. The van der Waals surface area contributed by atoms with Crippen LogP contribution in [0.25, 0.3) is 0 Å². The molecule has 0 heterocycles. The second-order valence-corrected chi connectivity index (χ2v) is 7.77. The standard InChI is InChI=1S/C18H21N3O4S/c1-13-6-4-5-7-17(13)21(26(3,24)25)12-18(23)20-16-10-8-15(9-11-16)19-14(2)22/h4-11H,12H2,1-3H3,(H,19,22)(H,20,23). The highest BCUT2D eigenvalue weighted by Crippen LogP contribution is 2.22. The Bertz CT molecular complexity index is 908. The van der Waals surface area contributed by atoms with E-state index in [-0.39, 0.29) is 12.5 Å². The second kappa shape index (κ2) is 8.01. The van der Waals surface area contributed by atoms with Crippen LogP contribution in [-0.4, -0.2) is 33.0 Å². The first-order valence-electron chi connectivity index (χ1n) is 7.87. The topological polar surface area (TPSA) is 95.6 Å². The Labute approximate surface area is 153 Å². The molecule has 0 saturated heterocycles. The summed E-state index contributed by atoms with van der Waals surface area (Å²) in [7, 11) is -3.62. The highest BCUT2D eigenvalue weighted by Gasteiger charge is 2.22. The van der Waals surface area contributed by atoms with Crippen molar-refractivity contribution in [3.8, 4) is 0 Å². The lowest BCUT2D eigenvalue weighted by Gasteiger charge is -2.23. The van der Waals surface area contributed by atoms with E-state index in [2.05, 4.69) is 10.6 Å². The molecule has 0 bridgehead atoms. The fourth-order valence-electron chi connectivity index (χ4n) is 2.40. The van der Waals surface area contributed by atoms with Gasteiger partial charge in [0.25, 0.3) is 0 Å². The highest BCUT2D eigenvalue weighted by atomic mass is 32.2. The van der Waals surface area contributed by atoms with Crippen LogP contribution in [0, 0.1) is 6.92 Å². The first-order valence-corrected chi connectivity index (χ1v) is 9.72. The molecular weight excluding hydrogens is 354 g/mol. The Morgan fingerprint density at radius 2 is 1.50 bits per heavy atom. The predicted octanol–water partition coefficient (Wildman–Crippen LogP) is 2.36. The summed E-state index contributed by atoms with van der Waals surface area (Å²) in [5, 5.41) is 5.28. The van der Waals surface area contributed by atoms with E-state index in [1.165, 1.54) is 6.92 Å². The van der Waals surface area contributed by atoms with Gasteiger partial charge in [0.1, 0.15) is 6.54 Å². The van der Waals surface area contributed by atoms with E-state index in [0.29, 0.717) is 17.1 Å². The summed E-state index contributed by atoms with van der Waals surface area (Å²) in [5.41, 5.74) is 2.33. The summed E-state index contributed by atoms with van der Waals surface area (Å²) < 4.78 is 25.3. The molecule has 0 saturated carbocycles. The maximum absolute atomic E-state index is 12.3.